The fourth-order valence-electron chi connectivity index (χ4n) is 2.33. The Kier molecular flexibility index (Phi) is 4.20. The van der Waals surface area contributed by atoms with Crippen molar-refractivity contribution in [3.63, 3.8) is 0 Å². The number of hydrogen-bond acceptors (Lipinski definition) is 5. The Morgan fingerprint density at radius 2 is 2.42 bits per heavy atom. The molecule has 0 radical (unpaired) electrons. The number of nitrogens with zero attached hydrogens (tertiary/aromatic N) is 1. The minimum Gasteiger partial charge on any atom is -0.309 e. The Balaban J connectivity index is 1.60. The van der Waals surface area contributed by atoms with Crippen LogP contribution in [0.2, 0.25) is 0 Å². The van der Waals surface area contributed by atoms with E-state index < -0.39 is 0 Å². The van der Waals surface area contributed by atoms with Crippen LogP contribution < -0.4 is 10.9 Å². The van der Waals surface area contributed by atoms with Gasteiger partial charge in [0, 0.05) is 11.8 Å². The number of aromatic nitrogens is 2. The fourth-order valence-corrected chi connectivity index (χ4v) is 4.32. The van der Waals surface area contributed by atoms with Crippen LogP contribution in [0.4, 0.5) is 0 Å². The van der Waals surface area contributed by atoms with Crippen molar-refractivity contribution in [3.05, 3.63) is 27.6 Å². The number of hydrogen-bond donors (Lipinski definition) is 2. The summed E-state index contributed by atoms with van der Waals surface area (Å²) in [6.07, 6.45) is 3.99. The molecule has 3 rings (SSSR count). The van der Waals surface area contributed by atoms with E-state index in [0.717, 1.165) is 17.9 Å². The van der Waals surface area contributed by atoms with Crippen molar-refractivity contribution in [2.45, 2.75) is 31.1 Å². The summed E-state index contributed by atoms with van der Waals surface area (Å²) in [5.41, 5.74) is 0.779. The van der Waals surface area contributed by atoms with Crippen molar-refractivity contribution in [3.8, 4) is 0 Å². The van der Waals surface area contributed by atoms with Gasteiger partial charge in [-0.1, -0.05) is 6.42 Å². The van der Waals surface area contributed by atoms with Crippen LogP contribution in [-0.4, -0.2) is 27.5 Å². The fraction of sp³-hybridized carbons (Fsp3) is 0.538. The van der Waals surface area contributed by atoms with E-state index in [0.29, 0.717) is 16.5 Å². The third kappa shape index (κ3) is 3.19. The third-order valence-corrected chi connectivity index (χ3v) is 5.60. The van der Waals surface area contributed by atoms with Crippen LogP contribution in [0.25, 0.3) is 10.2 Å². The van der Waals surface area contributed by atoms with Gasteiger partial charge in [0.05, 0.1) is 12.1 Å². The lowest BCUT2D eigenvalue weighted by molar-refractivity contribution is 0.588. The molecule has 19 heavy (non-hydrogen) atoms. The van der Waals surface area contributed by atoms with Gasteiger partial charge in [0.1, 0.15) is 10.5 Å². The Bertz CT molecular complexity index is 601. The largest absolute Gasteiger partial charge is 0.309 e. The molecule has 0 aromatic carbocycles. The lowest BCUT2D eigenvalue weighted by Crippen LogP contribution is -2.27. The predicted molar refractivity (Wildman–Crippen MR) is 82.0 cm³/mol. The van der Waals surface area contributed by atoms with E-state index in [4.69, 9.17) is 0 Å². The van der Waals surface area contributed by atoms with E-state index >= 15 is 0 Å². The zero-order chi connectivity index (χ0) is 13.1. The zero-order valence-corrected chi connectivity index (χ0v) is 12.3. The summed E-state index contributed by atoms with van der Waals surface area (Å²) < 4.78 is 0.714. The minimum atomic E-state index is -0.0242. The molecule has 1 aliphatic heterocycles. The summed E-state index contributed by atoms with van der Waals surface area (Å²) in [6.45, 7) is 1.63. The van der Waals surface area contributed by atoms with Gasteiger partial charge in [-0.25, -0.2) is 4.98 Å². The Labute approximate surface area is 120 Å². The van der Waals surface area contributed by atoms with Gasteiger partial charge in [-0.2, -0.15) is 11.8 Å². The monoisotopic (exact) mass is 295 g/mol. The first-order valence-corrected chi connectivity index (χ1v) is 8.54. The molecule has 102 valence electrons. The SMILES string of the molecule is O=c1[nH]c(CNCC2CCCCS2)nc2ccsc12. The number of thioether (sulfide) groups is 1. The standard InChI is InChI=1S/C13H17N3OS2/c17-13-12-10(4-6-19-12)15-11(16-13)8-14-7-9-3-1-2-5-18-9/h4,6,9,14H,1-3,5,7-8H2,(H,15,16,17). The maximum atomic E-state index is 11.8. The van der Waals surface area contributed by atoms with Gasteiger partial charge in [0.2, 0.25) is 0 Å². The average molecular weight is 295 g/mol. The lowest BCUT2D eigenvalue weighted by Gasteiger charge is -2.21. The Morgan fingerprint density at radius 1 is 1.47 bits per heavy atom. The number of thiophene rings is 1. The molecule has 0 spiro atoms. The summed E-state index contributed by atoms with van der Waals surface area (Å²) in [4.78, 5) is 19.1. The number of nitrogens with one attached hydrogen (secondary N) is 2. The van der Waals surface area contributed by atoms with Crippen LogP contribution in [0, 0.1) is 0 Å². The molecule has 0 amide bonds. The molecule has 3 heterocycles. The highest BCUT2D eigenvalue weighted by molar-refractivity contribution is 7.99. The molecular weight excluding hydrogens is 278 g/mol. The van der Waals surface area contributed by atoms with Gasteiger partial charge in [-0.05, 0) is 30.0 Å². The predicted octanol–water partition coefficient (Wildman–Crippen LogP) is 2.36. The van der Waals surface area contributed by atoms with Crippen LogP contribution in [-0.2, 0) is 6.54 Å². The van der Waals surface area contributed by atoms with Crippen molar-refractivity contribution in [1.29, 1.82) is 0 Å². The molecule has 1 saturated heterocycles. The topological polar surface area (TPSA) is 57.8 Å². The summed E-state index contributed by atoms with van der Waals surface area (Å²) in [5.74, 6) is 2.01. The second kappa shape index (κ2) is 6.07. The quantitative estimate of drug-likeness (QED) is 0.909. The molecule has 1 atom stereocenters. The second-order valence-corrected chi connectivity index (χ2v) is 7.09. The van der Waals surface area contributed by atoms with E-state index in [-0.39, 0.29) is 5.56 Å². The number of H-pyrrole nitrogens is 1. The maximum Gasteiger partial charge on any atom is 0.268 e. The second-order valence-electron chi connectivity index (χ2n) is 4.77. The third-order valence-electron chi connectivity index (χ3n) is 3.30. The first kappa shape index (κ1) is 13.1. The molecule has 2 aromatic rings. The number of fused-ring (bicyclic) bond motifs is 1. The minimum absolute atomic E-state index is 0.0242. The van der Waals surface area contributed by atoms with Crippen molar-refractivity contribution in [2.75, 3.05) is 12.3 Å². The van der Waals surface area contributed by atoms with Gasteiger partial charge in [-0.15, -0.1) is 11.3 Å². The van der Waals surface area contributed by atoms with Crippen LogP contribution in [0.5, 0.6) is 0 Å². The van der Waals surface area contributed by atoms with Crippen molar-refractivity contribution in [1.82, 2.24) is 15.3 Å². The average Bonchev–Trinajstić information content (AvgIpc) is 2.89. The van der Waals surface area contributed by atoms with E-state index in [1.54, 1.807) is 0 Å². The molecule has 2 N–H and O–H groups in total. The highest BCUT2D eigenvalue weighted by atomic mass is 32.2. The summed E-state index contributed by atoms with van der Waals surface area (Å²) in [7, 11) is 0. The van der Waals surface area contributed by atoms with E-state index in [2.05, 4.69) is 27.0 Å². The highest BCUT2D eigenvalue weighted by Crippen LogP contribution is 2.24. The Morgan fingerprint density at radius 3 is 3.26 bits per heavy atom. The van der Waals surface area contributed by atoms with Gasteiger partial charge in [0.25, 0.3) is 5.56 Å². The van der Waals surface area contributed by atoms with Crippen molar-refractivity contribution in [2.24, 2.45) is 0 Å². The smallest absolute Gasteiger partial charge is 0.268 e. The van der Waals surface area contributed by atoms with Crippen LogP contribution >= 0.6 is 23.1 Å². The first-order valence-electron chi connectivity index (χ1n) is 6.61. The van der Waals surface area contributed by atoms with E-state index in [1.807, 2.05) is 11.4 Å². The number of rotatable bonds is 4. The number of aromatic amines is 1. The molecule has 1 aliphatic rings. The molecule has 0 aliphatic carbocycles. The van der Waals surface area contributed by atoms with Crippen molar-refractivity contribution >= 4 is 33.3 Å². The normalized spacial score (nSPS) is 19.9. The van der Waals surface area contributed by atoms with Gasteiger partial charge >= 0.3 is 0 Å². The molecule has 1 fully saturated rings. The van der Waals surface area contributed by atoms with Gasteiger partial charge < -0.3 is 10.3 Å². The van der Waals surface area contributed by atoms with Crippen LogP contribution in [0.1, 0.15) is 25.1 Å². The molecule has 0 saturated carbocycles. The molecule has 1 unspecified atom stereocenters. The summed E-state index contributed by atoms with van der Waals surface area (Å²) in [6, 6.07) is 1.90. The summed E-state index contributed by atoms with van der Waals surface area (Å²) >= 11 is 3.49. The lowest BCUT2D eigenvalue weighted by atomic mass is 10.2. The molecule has 2 aromatic heterocycles. The van der Waals surface area contributed by atoms with Crippen molar-refractivity contribution < 1.29 is 0 Å². The van der Waals surface area contributed by atoms with Crippen LogP contribution in [0.15, 0.2) is 16.2 Å². The van der Waals surface area contributed by atoms with E-state index in [1.165, 1.54) is 36.4 Å². The Hall–Kier alpha value is -0.850. The highest BCUT2D eigenvalue weighted by Gasteiger charge is 2.13. The zero-order valence-electron chi connectivity index (χ0n) is 10.6. The maximum absolute atomic E-state index is 11.8. The summed E-state index contributed by atoms with van der Waals surface area (Å²) in [5, 5.41) is 6.02. The van der Waals surface area contributed by atoms with Gasteiger partial charge in [-0.3, -0.25) is 4.79 Å². The molecule has 4 nitrogen and oxygen atoms in total. The molecule has 6 heteroatoms. The first-order chi connectivity index (χ1) is 9.33. The van der Waals surface area contributed by atoms with Crippen LogP contribution in [0.3, 0.4) is 0 Å². The van der Waals surface area contributed by atoms with E-state index in [9.17, 15) is 4.79 Å². The van der Waals surface area contributed by atoms with Gasteiger partial charge in [0.15, 0.2) is 0 Å². The molecule has 0 bridgehead atoms. The molecular formula is C13H17N3OS2.